The van der Waals surface area contributed by atoms with E-state index < -0.39 is 0 Å². The minimum absolute atomic E-state index is 0.381. The van der Waals surface area contributed by atoms with Crippen molar-refractivity contribution in [3.05, 3.63) is 47.5 Å². The van der Waals surface area contributed by atoms with Gasteiger partial charge >= 0.3 is 0 Å². The fourth-order valence-electron chi connectivity index (χ4n) is 3.45. The first-order valence-corrected chi connectivity index (χ1v) is 7.80. The Hall–Kier alpha value is -1.42. The first kappa shape index (κ1) is 14.5. The van der Waals surface area contributed by atoms with Crippen molar-refractivity contribution < 1.29 is 0 Å². The molecule has 3 heteroatoms. The van der Waals surface area contributed by atoms with Crippen LogP contribution in [0.4, 0.5) is 0 Å². The number of nitrogens with two attached hydrogens (primary N) is 1. The molecule has 2 N–H and O–H groups in total. The van der Waals surface area contributed by atoms with Gasteiger partial charge in [-0.25, -0.2) is 0 Å². The topological polar surface area (TPSA) is 32.5 Å². The summed E-state index contributed by atoms with van der Waals surface area (Å²) < 4.78 is 0. The lowest BCUT2D eigenvalue weighted by molar-refractivity contribution is 0.208. The summed E-state index contributed by atoms with van der Waals surface area (Å²) in [7, 11) is 4.26. The summed E-state index contributed by atoms with van der Waals surface area (Å²) in [5, 5.41) is 2.73. The van der Waals surface area contributed by atoms with E-state index in [1.165, 1.54) is 28.3 Å². The first-order valence-electron chi connectivity index (χ1n) is 7.80. The van der Waals surface area contributed by atoms with E-state index in [0.29, 0.717) is 12.6 Å². The van der Waals surface area contributed by atoms with Gasteiger partial charge < -0.3 is 10.6 Å². The Bertz CT molecular complexity index is 621. The minimum Gasteiger partial charge on any atom is -0.329 e. The molecule has 0 radical (unpaired) electrons. The number of fused-ring (bicyclic) bond motifs is 3. The first-order chi connectivity index (χ1) is 10.2. The summed E-state index contributed by atoms with van der Waals surface area (Å²) >= 11 is 0. The van der Waals surface area contributed by atoms with Crippen LogP contribution >= 0.6 is 0 Å². The van der Waals surface area contributed by atoms with Gasteiger partial charge in [0.2, 0.25) is 0 Å². The fourth-order valence-corrected chi connectivity index (χ4v) is 3.45. The number of rotatable bonds is 5. The van der Waals surface area contributed by atoms with Crippen molar-refractivity contribution in [1.82, 2.24) is 9.80 Å². The Morgan fingerprint density at radius 1 is 1.19 bits per heavy atom. The summed E-state index contributed by atoms with van der Waals surface area (Å²) in [4.78, 5) is 4.79. The molecule has 0 saturated carbocycles. The SMILES string of the molecule is CN(C)CCCN1Cc2c(ccc3ccccc23)C1CN. The minimum atomic E-state index is 0.381. The third kappa shape index (κ3) is 2.82. The van der Waals surface area contributed by atoms with Crippen molar-refractivity contribution in [3.8, 4) is 0 Å². The van der Waals surface area contributed by atoms with Crippen LogP contribution in [-0.2, 0) is 6.54 Å². The van der Waals surface area contributed by atoms with Crippen LogP contribution in [-0.4, -0.2) is 43.5 Å². The number of hydrogen-bond acceptors (Lipinski definition) is 3. The highest BCUT2D eigenvalue weighted by atomic mass is 15.2. The van der Waals surface area contributed by atoms with Crippen LogP contribution in [0.3, 0.4) is 0 Å². The molecule has 1 atom stereocenters. The lowest BCUT2D eigenvalue weighted by Gasteiger charge is -2.24. The molecule has 1 aliphatic rings. The zero-order chi connectivity index (χ0) is 14.8. The van der Waals surface area contributed by atoms with Crippen LogP contribution in [0.2, 0.25) is 0 Å². The summed E-state index contributed by atoms with van der Waals surface area (Å²) in [5.74, 6) is 0. The monoisotopic (exact) mass is 283 g/mol. The average Bonchev–Trinajstić information content (AvgIpc) is 2.84. The molecule has 0 saturated heterocycles. The summed E-state index contributed by atoms with van der Waals surface area (Å²) in [5.41, 5.74) is 8.97. The third-order valence-corrected chi connectivity index (χ3v) is 4.51. The van der Waals surface area contributed by atoms with E-state index >= 15 is 0 Å². The van der Waals surface area contributed by atoms with Crippen LogP contribution in [0.1, 0.15) is 23.6 Å². The maximum Gasteiger partial charge on any atom is 0.0477 e. The van der Waals surface area contributed by atoms with E-state index in [1.54, 1.807) is 0 Å². The molecule has 3 rings (SSSR count). The van der Waals surface area contributed by atoms with E-state index in [-0.39, 0.29) is 0 Å². The molecule has 0 amide bonds. The van der Waals surface area contributed by atoms with Crippen LogP contribution in [0.15, 0.2) is 36.4 Å². The molecule has 1 heterocycles. The second kappa shape index (κ2) is 6.14. The summed E-state index contributed by atoms with van der Waals surface area (Å²) in [6.45, 7) is 3.98. The Labute approximate surface area is 127 Å². The molecule has 0 spiro atoms. The van der Waals surface area contributed by atoms with Gasteiger partial charge in [0.15, 0.2) is 0 Å². The van der Waals surface area contributed by atoms with Crippen LogP contribution in [0, 0.1) is 0 Å². The number of nitrogens with zero attached hydrogens (tertiary/aromatic N) is 2. The molecule has 3 nitrogen and oxygen atoms in total. The zero-order valence-corrected chi connectivity index (χ0v) is 13.0. The third-order valence-electron chi connectivity index (χ3n) is 4.51. The molecule has 0 bridgehead atoms. The van der Waals surface area contributed by atoms with Gasteiger partial charge in [0.05, 0.1) is 0 Å². The smallest absolute Gasteiger partial charge is 0.0477 e. The summed E-state index contributed by atoms with van der Waals surface area (Å²) in [6, 6.07) is 13.6. The van der Waals surface area contributed by atoms with Crippen molar-refractivity contribution in [2.24, 2.45) is 5.73 Å². The van der Waals surface area contributed by atoms with E-state index in [9.17, 15) is 0 Å². The molecule has 2 aromatic rings. The molecule has 2 aromatic carbocycles. The molecular formula is C18H25N3. The van der Waals surface area contributed by atoms with E-state index in [0.717, 1.165) is 19.6 Å². The van der Waals surface area contributed by atoms with Crippen molar-refractivity contribution >= 4 is 10.8 Å². The van der Waals surface area contributed by atoms with Crippen molar-refractivity contribution in [2.45, 2.75) is 19.0 Å². The Balaban J connectivity index is 1.86. The predicted molar refractivity (Wildman–Crippen MR) is 89.3 cm³/mol. The van der Waals surface area contributed by atoms with Crippen LogP contribution in [0.5, 0.6) is 0 Å². The lowest BCUT2D eigenvalue weighted by Crippen LogP contribution is -2.30. The van der Waals surface area contributed by atoms with Gasteiger partial charge in [0.25, 0.3) is 0 Å². The summed E-state index contributed by atoms with van der Waals surface area (Å²) in [6.07, 6.45) is 1.19. The standard InChI is InChI=1S/C18H25N3/c1-20(2)10-5-11-21-13-17-15-7-4-3-6-14(15)8-9-16(17)18(21)12-19/h3-4,6-9,18H,5,10-13,19H2,1-2H3. The van der Waals surface area contributed by atoms with Gasteiger partial charge in [-0.1, -0.05) is 36.4 Å². The van der Waals surface area contributed by atoms with Gasteiger partial charge in [-0.2, -0.15) is 0 Å². The maximum absolute atomic E-state index is 6.06. The van der Waals surface area contributed by atoms with Crippen LogP contribution in [0.25, 0.3) is 10.8 Å². The average molecular weight is 283 g/mol. The van der Waals surface area contributed by atoms with Gasteiger partial charge in [-0.05, 0) is 49.0 Å². The van der Waals surface area contributed by atoms with E-state index in [4.69, 9.17) is 5.73 Å². The van der Waals surface area contributed by atoms with Gasteiger partial charge in [-0.3, -0.25) is 4.90 Å². The highest BCUT2D eigenvalue weighted by Crippen LogP contribution is 2.37. The highest BCUT2D eigenvalue weighted by molar-refractivity contribution is 5.87. The van der Waals surface area contributed by atoms with Gasteiger partial charge in [0, 0.05) is 25.7 Å². The van der Waals surface area contributed by atoms with Crippen LogP contribution < -0.4 is 5.73 Å². The fraction of sp³-hybridized carbons (Fsp3) is 0.444. The Morgan fingerprint density at radius 3 is 2.76 bits per heavy atom. The molecule has 1 aliphatic heterocycles. The van der Waals surface area contributed by atoms with Crippen molar-refractivity contribution in [3.63, 3.8) is 0 Å². The van der Waals surface area contributed by atoms with E-state index in [2.05, 4.69) is 60.3 Å². The largest absolute Gasteiger partial charge is 0.329 e. The molecule has 1 unspecified atom stereocenters. The lowest BCUT2D eigenvalue weighted by atomic mass is 9.98. The number of benzene rings is 2. The van der Waals surface area contributed by atoms with Gasteiger partial charge in [-0.15, -0.1) is 0 Å². The highest BCUT2D eigenvalue weighted by Gasteiger charge is 2.29. The molecule has 21 heavy (non-hydrogen) atoms. The molecular weight excluding hydrogens is 258 g/mol. The second-order valence-corrected chi connectivity index (χ2v) is 6.23. The molecule has 0 aliphatic carbocycles. The van der Waals surface area contributed by atoms with Crippen molar-refractivity contribution in [2.75, 3.05) is 33.7 Å². The Kier molecular flexibility index (Phi) is 4.24. The Morgan fingerprint density at radius 2 is 2.00 bits per heavy atom. The van der Waals surface area contributed by atoms with E-state index in [1.807, 2.05) is 0 Å². The predicted octanol–water partition coefficient (Wildman–Crippen LogP) is 2.61. The number of hydrogen-bond donors (Lipinski definition) is 1. The maximum atomic E-state index is 6.06. The molecule has 112 valence electrons. The zero-order valence-electron chi connectivity index (χ0n) is 13.0. The van der Waals surface area contributed by atoms with Crippen molar-refractivity contribution in [1.29, 1.82) is 0 Å². The molecule has 0 aromatic heterocycles. The normalized spacial score (nSPS) is 18.6. The van der Waals surface area contributed by atoms with Gasteiger partial charge in [0.1, 0.15) is 0 Å². The molecule has 0 fully saturated rings. The quantitative estimate of drug-likeness (QED) is 0.915. The second-order valence-electron chi connectivity index (χ2n) is 6.23.